The molecule has 230 valence electrons. The van der Waals surface area contributed by atoms with Crippen molar-refractivity contribution >= 4 is 51.4 Å². The van der Waals surface area contributed by atoms with Crippen LogP contribution in [0.3, 0.4) is 0 Å². The van der Waals surface area contributed by atoms with E-state index >= 15 is 0 Å². The highest BCUT2D eigenvalue weighted by atomic mass is 28.3. The second-order valence-corrected chi connectivity index (χ2v) is 17.4. The second kappa shape index (κ2) is 11.4. The van der Waals surface area contributed by atoms with Crippen LogP contribution in [0.1, 0.15) is 56.2 Å². The maximum atomic E-state index is 6.86. The van der Waals surface area contributed by atoms with Crippen LogP contribution in [0.4, 0.5) is 5.69 Å². The Morgan fingerprint density at radius 2 is 1.17 bits per heavy atom. The van der Waals surface area contributed by atoms with Gasteiger partial charge in [0.15, 0.2) is 8.07 Å². The molecule has 7 aromatic rings. The van der Waals surface area contributed by atoms with Crippen molar-refractivity contribution in [3.63, 3.8) is 0 Å². The second-order valence-electron chi connectivity index (χ2n) is 13.7. The van der Waals surface area contributed by atoms with Gasteiger partial charge in [-0.05, 0) is 79.9 Å². The number of benzene rings is 6. The van der Waals surface area contributed by atoms with Gasteiger partial charge in [-0.15, -0.1) is 0 Å². The van der Waals surface area contributed by atoms with Crippen molar-refractivity contribution in [3.05, 3.63) is 150 Å². The summed E-state index contributed by atoms with van der Waals surface area (Å²) in [7, 11) is -2.63. The zero-order valence-corrected chi connectivity index (χ0v) is 28.7. The maximum Gasteiger partial charge on any atom is 0.172 e. The molecule has 0 saturated heterocycles. The summed E-state index contributed by atoms with van der Waals surface area (Å²) in [5, 5.41) is 6.35. The van der Waals surface area contributed by atoms with Crippen LogP contribution < -0.4 is 10.4 Å². The van der Waals surface area contributed by atoms with Crippen molar-refractivity contribution in [2.24, 2.45) is 4.99 Å². The van der Waals surface area contributed by atoms with E-state index in [2.05, 4.69) is 168 Å². The van der Waals surface area contributed by atoms with Gasteiger partial charge in [-0.3, -0.25) is 4.99 Å². The third-order valence-electron chi connectivity index (χ3n) is 10.1. The standard InChI is InChI=1S/C44H39NOSi/c1-28(2)37-25-33(31-17-10-7-11-18-31)26-38(29(3)4)43(37)47(5)41-22-13-12-21-39(41)45-44(47)36-20-14-19-35-34-24-23-32(27-40(34)46-42(35)36)30-15-8-6-9-16-30/h6-29H,1-5H3. The predicted molar refractivity (Wildman–Crippen MR) is 203 cm³/mol. The highest BCUT2D eigenvalue weighted by Crippen LogP contribution is 2.39. The van der Waals surface area contributed by atoms with E-state index < -0.39 is 8.07 Å². The summed E-state index contributed by atoms with van der Waals surface area (Å²) in [6.45, 7) is 11.9. The lowest BCUT2D eigenvalue weighted by molar-refractivity contribution is 0.668. The normalized spacial score (nSPS) is 15.9. The van der Waals surface area contributed by atoms with Gasteiger partial charge in [0.25, 0.3) is 0 Å². The molecule has 0 N–H and O–H groups in total. The van der Waals surface area contributed by atoms with Crippen LogP contribution in [0.15, 0.2) is 143 Å². The minimum absolute atomic E-state index is 0.350. The first-order valence-corrected chi connectivity index (χ1v) is 19.3. The van der Waals surface area contributed by atoms with Gasteiger partial charge in [-0.1, -0.05) is 143 Å². The number of nitrogens with zero attached hydrogens (tertiary/aromatic N) is 1. The summed E-state index contributed by atoms with van der Waals surface area (Å²) in [4.78, 5) is 5.54. The molecule has 47 heavy (non-hydrogen) atoms. The van der Waals surface area contributed by atoms with Crippen LogP contribution in [0.25, 0.3) is 44.2 Å². The Morgan fingerprint density at radius 1 is 0.553 bits per heavy atom. The Kier molecular flexibility index (Phi) is 7.11. The van der Waals surface area contributed by atoms with Crippen molar-refractivity contribution in [2.75, 3.05) is 0 Å². The van der Waals surface area contributed by atoms with E-state index in [9.17, 15) is 0 Å². The molecule has 1 aliphatic heterocycles. The van der Waals surface area contributed by atoms with Gasteiger partial charge in [0.2, 0.25) is 0 Å². The lowest BCUT2D eigenvalue weighted by Gasteiger charge is -2.34. The molecule has 0 fully saturated rings. The van der Waals surface area contributed by atoms with Gasteiger partial charge < -0.3 is 4.42 Å². The van der Waals surface area contributed by atoms with Gasteiger partial charge >= 0.3 is 0 Å². The fourth-order valence-corrected chi connectivity index (χ4v) is 12.5. The Morgan fingerprint density at radius 3 is 1.83 bits per heavy atom. The smallest absolute Gasteiger partial charge is 0.172 e. The number of furan rings is 1. The minimum atomic E-state index is -2.63. The number of aliphatic imine (C=N–C) groups is 1. The first-order valence-electron chi connectivity index (χ1n) is 16.8. The van der Waals surface area contributed by atoms with Crippen molar-refractivity contribution in [1.82, 2.24) is 0 Å². The van der Waals surface area contributed by atoms with Crippen molar-refractivity contribution in [3.8, 4) is 22.3 Å². The topological polar surface area (TPSA) is 25.5 Å². The molecule has 1 aliphatic rings. The third-order valence-corrected chi connectivity index (χ3v) is 14.5. The van der Waals surface area contributed by atoms with Crippen molar-refractivity contribution in [1.29, 1.82) is 0 Å². The van der Waals surface area contributed by atoms with E-state index in [1.165, 1.54) is 43.5 Å². The lowest BCUT2D eigenvalue weighted by Crippen LogP contribution is -2.62. The van der Waals surface area contributed by atoms with E-state index in [-0.39, 0.29) is 0 Å². The molecular weight excluding hydrogens is 587 g/mol. The van der Waals surface area contributed by atoms with E-state index in [0.29, 0.717) is 11.8 Å². The SMILES string of the molecule is CC(C)c1cc(-c2ccccc2)cc(C(C)C)c1[Si]1(C)C(c2cccc3c2oc2cc(-c4ccccc4)ccc23)=Nc2ccccc21. The van der Waals surface area contributed by atoms with Crippen LogP contribution in [0.2, 0.25) is 6.55 Å². The summed E-state index contributed by atoms with van der Waals surface area (Å²) >= 11 is 0. The largest absolute Gasteiger partial charge is 0.455 e. The average Bonchev–Trinajstić information content (AvgIpc) is 3.63. The first kappa shape index (κ1) is 29.4. The molecule has 0 spiro atoms. The molecule has 0 bridgehead atoms. The molecule has 0 radical (unpaired) electrons. The molecule has 8 rings (SSSR count). The Balaban J connectivity index is 1.39. The molecule has 3 heteroatoms. The summed E-state index contributed by atoms with van der Waals surface area (Å²) in [6.07, 6.45) is 0. The van der Waals surface area contributed by atoms with Crippen LogP contribution in [-0.2, 0) is 0 Å². The first-order chi connectivity index (χ1) is 22.8. The van der Waals surface area contributed by atoms with Crippen LogP contribution in [0.5, 0.6) is 0 Å². The Labute approximate surface area is 278 Å². The van der Waals surface area contributed by atoms with E-state index in [1.54, 1.807) is 0 Å². The third kappa shape index (κ3) is 4.72. The lowest BCUT2D eigenvalue weighted by atomic mass is 9.90. The summed E-state index contributed by atoms with van der Waals surface area (Å²) in [5.74, 6) is 0.700. The minimum Gasteiger partial charge on any atom is -0.455 e. The Bertz CT molecular complexity index is 2280. The van der Waals surface area contributed by atoms with Gasteiger partial charge in [0, 0.05) is 21.7 Å². The zero-order valence-electron chi connectivity index (χ0n) is 27.7. The number of hydrogen-bond acceptors (Lipinski definition) is 2. The number of rotatable bonds is 6. The van der Waals surface area contributed by atoms with E-state index in [0.717, 1.165) is 38.8 Å². The van der Waals surface area contributed by atoms with Crippen LogP contribution in [0, 0.1) is 0 Å². The summed E-state index contributed by atoms with van der Waals surface area (Å²) in [6, 6.07) is 48.4. The predicted octanol–water partition coefficient (Wildman–Crippen LogP) is 11.0. The highest BCUT2D eigenvalue weighted by molar-refractivity contribution is 7.26. The van der Waals surface area contributed by atoms with Gasteiger partial charge in [0.1, 0.15) is 11.2 Å². The average molecular weight is 626 g/mol. The fraction of sp³-hybridized carbons (Fsp3) is 0.159. The van der Waals surface area contributed by atoms with Gasteiger partial charge in [-0.2, -0.15) is 0 Å². The fourth-order valence-electron chi connectivity index (χ4n) is 7.70. The molecule has 0 saturated carbocycles. The van der Waals surface area contributed by atoms with Gasteiger partial charge in [-0.25, -0.2) is 0 Å². The van der Waals surface area contributed by atoms with Crippen molar-refractivity contribution < 1.29 is 4.42 Å². The summed E-state index contributed by atoms with van der Waals surface area (Å²) < 4.78 is 6.86. The van der Waals surface area contributed by atoms with Crippen molar-refractivity contribution in [2.45, 2.75) is 46.1 Å². The Hall–Kier alpha value is -4.99. The molecule has 1 aromatic heterocycles. The molecule has 1 unspecified atom stereocenters. The molecule has 6 aromatic carbocycles. The van der Waals surface area contributed by atoms with Gasteiger partial charge in [0.05, 0.1) is 5.69 Å². The van der Waals surface area contributed by atoms with E-state index in [4.69, 9.17) is 9.41 Å². The van der Waals surface area contributed by atoms with Crippen LogP contribution >= 0.6 is 0 Å². The number of fused-ring (bicyclic) bond motifs is 4. The molecule has 2 nitrogen and oxygen atoms in total. The monoisotopic (exact) mass is 625 g/mol. The quantitative estimate of drug-likeness (QED) is 0.169. The number of hydrogen-bond donors (Lipinski definition) is 0. The number of para-hydroxylation sites is 2. The van der Waals surface area contributed by atoms with Crippen LogP contribution in [-0.4, -0.2) is 13.4 Å². The molecule has 2 heterocycles. The molecule has 0 aliphatic carbocycles. The zero-order chi connectivity index (χ0) is 32.3. The molecule has 1 atom stereocenters. The highest BCUT2D eigenvalue weighted by Gasteiger charge is 2.48. The maximum absolute atomic E-state index is 6.86. The molecular formula is C44H39NOSi. The molecule has 0 amide bonds. The van der Waals surface area contributed by atoms with E-state index in [1.807, 2.05) is 0 Å². The summed E-state index contributed by atoms with van der Waals surface area (Å²) in [5.41, 5.74) is 11.8.